The van der Waals surface area contributed by atoms with E-state index in [2.05, 4.69) is 36.2 Å². The Kier molecular flexibility index (Phi) is 8.67. The van der Waals surface area contributed by atoms with Crippen LogP contribution in [0.2, 0.25) is 5.02 Å². The maximum Gasteiger partial charge on any atom is 0.0587 e. The van der Waals surface area contributed by atoms with E-state index in [1.54, 1.807) is 7.11 Å². The van der Waals surface area contributed by atoms with Crippen LogP contribution >= 0.6 is 11.6 Å². The van der Waals surface area contributed by atoms with Crippen molar-refractivity contribution in [3.8, 4) is 0 Å². The third-order valence-electron chi connectivity index (χ3n) is 3.35. The van der Waals surface area contributed by atoms with Crippen LogP contribution in [0.1, 0.15) is 32.3 Å². The topological polar surface area (TPSA) is 24.5 Å². The van der Waals surface area contributed by atoms with Gasteiger partial charge in [0, 0.05) is 44.0 Å². The number of hydrogen-bond acceptors (Lipinski definition) is 3. The normalized spacial score (nSPS) is 10.8. The van der Waals surface area contributed by atoms with Crippen molar-refractivity contribution in [2.24, 2.45) is 0 Å². The maximum absolute atomic E-state index is 6.17. The van der Waals surface area contributed by atoms with Gasteiger partial charge in [0.2, 0.25) is 0 Å². The summed E-state index contributed by atoms with van der Waals surface area (Å²) in [6.45, 7) is 8.94. The fourth-order valence-electron chi connectivity index (χ4n) is 2.18. The van der Waals surface area contributed by atoms with E-state index >= 15 is 0 Å². The minimum Gasteiger partial charge on any atom is -0.383 e. The molecule has 0 saturated heterocycles. The van der Waals surface area contributed by atoms with Crippen LogP contribution in [0, 0.1) is 0 Å². The molecule has 0 amide bonds. The number of ether oxygens (including phenoxy) is 1. The van der Waals surface area contributed by atoms with Gasteiger partial charge in [0.05, 0.1) is 6.61 Å². The van der Waals surface area contributed by atoms with Gasteiger partial charge in [0.25, 0.3) is 0 Å². The van der Waals surface area contributed by atoms with E-state index in [4.69, 9.17) is 16.3 Å². The average Bonchev–Trinajstić information content (AvgIpc) is 2.46. The van der Waals surface area contributed by atoms with Gasteiger partial charge in [-0.2, -0.15) is 0 Å². The minimum absolute atomic E-state index is 0.732. The number of nitrogens with one attached hydrogen (secondary N) is 1. The highest BCUT2D eigenvalue weighted by atomic mass is 35.5. The molecule has 0 fully saturated rings. The number of methoxy groups -OCH3 is 1. The molecule has 20 heavy (non-hydrogen) atoms. The fraction of sp³-hybridized carbons (Fsp3) is 0.625. The van der Waals surface area contributed by atoms with Crippen LogP contribution in [0.5, 0.6) is 0 Å². The summed E-state index contributed by atoms with van der Waals surface area (Å²) in [5, 5.41) is 4.20. The Balaban J connectivity index is 2.76. The highest BCUT2D eigenvalue weighted by Crippen LogP contribution is 2.25. The number of rotatable bonds is 10. The summed E-state index contributed by atoms with van der Waals surface area (Å²) in [5.74, 6) is 0. The zero-order valence-electron chi connectivity index (χ0n) is 12.9. The summed E-state index contributed by atoms with van der Waals surface area (Å²) >= 11 is 6.17. The lowest BCUT2D eigenvalue weighted by atomic mass is 10.1. The summed E-state index contributed by atoms with van der Waals surface area (Å²) in [6.07, 6.45) is 2.41. The zero-order valence-corrected chi connectivity index (χ0v) is 13.7. The monoisotopic (exact) mass is 298 g/mol. The molecule has 0 saturated carbocycles. The lowest BCUT2D eigenvalue weighted by Gasteiger charge is -2.26. The van der Waals surface area contributed by atoms with Crippen molar-refractivity contribution in [3.63, 3.8) is 0 Å². The average molecular weight is 299 g/mol. The number of halogens is 1. The second kappa shape index (κ2) is 10.0. The highest BCUT2D eigenvalue weighted by molar-refractivity contribution is 6.30. The maximum atomic E-state index is 6.17. The number of anilines is 1. The number of unbranched alkanes of at least 4 members (excludes halogenated alkanes) is 1. The van der Waals surface area contributed by atoms with Crippen molar-refractivity contribution in [1.29, 1.82) is 0 Å². The van der Waals surface area contributed by atoms with Gasteiger partial charge in [-0.15, -0.1) is 0 Å². The van der Waals surface area contributed by atoms with E-state index in [0.717, 1.165) is 37.8 Å². The molecule has 0 aliphatic carbocycles. The predicted octanol–water partition coefficient (Wildman–Crippen LogP) is 3.70. The molecule has 0 unspecified atom stereocenters. The van der Waals surface area contributed by atoms with Crippen LogP contribution in [0.3, 0.4) is 0 Å². The summed E-state index contributed by atoms with van der Waals surface area (Å²) in [6, 6.07) is 6.16. The molecule has 0 atom stereocenters. The molecule has 1 rings (SSSR count). The van der Waals surface area contributed by atoms with Gasteiger partial charge in [-0.05, 0) is 31.0 Å². The van der Waals surface area contributed by atoms with Crippen molar-refractivity contribution in [2.45, 2.75) is 33.2 Å². The molecule has 0 aliphatic heterocycles. The van der Waals surface area contributed by atoms with E-state index < -0.39 is 0 Å². The molecule has 0 bridgehead atoms. The Bertz CT molecular complexity index is 385. The third-order valence-corrected chi connectivity index (χ3v) is 3.58. The Labute approximate surface area is 128 Å². The molecule has 4 heteroatoms. The van der Waals surface area contributed by atoms with E-state index in [0.29, 0.717) is 0 Å². The number of benzene rings is 1. The molecule has 114 valence electrons. The summed E-state index contributed by atoms with van der Waals surface area (Å²) in [4.78, 5) is 2.41. The van der Waals surface area contributed by atoms with Gasteiger partial charge in [0.15, 0.2) is 0 Å². The first-order valence-electron chi connectivity index (χ1n) is 7.45. The van der Waals surface area contributed by atoms with Crippen LogP contribution in [-0.2, 0) is 11.3 Å². The van der Waals surface area contributed by atoms with Gasteiger partial charge in [0.1, 0.15) is 0 Å². The fourth-order valence-corrected chi connectivity index (χ4v) is 2.34. The Morgan fingerprint density at radius 3 is 2.75 bits per heavy atom. The SMILES string of the molecule is CCCCN(CC)c1cc(Cl)ccc1CNCCOC. The van der Waals surface area contributed by atoms with Crippen molar-refractivity contribution in [1.82, 2.24) is 5.32 Å². The smallest absolute Gasteiger partial charge is 0.0587 e. The first-order chi connectivity index (χ1) is 9.72. The van der Waals surface area contributed by atoms with Gasteiger partial charge in [-0.25, -0.2) is 0 Å². The van der Waals surface area contributed by atoms with Crippen LogP contribution in [-0.4, -0.2) is 33.4 Å². The molecular weight excluding hydrogens is 272 g/mol. The first-order valence-corrected chi connectivity index (χ1v) is 7.83. The van der Waals surface area contributed by atoms with Gasteiger partial charge in [-0.3, -0.25) is 0 Å². The van der Waals surface area contributed by atoms with E-state index in [1.807, 2.05) is 6.07 Å². The van der Waals surface area contributed by atoms with Crippen LogP contribution < -0.4 is 10.2 Å². The molecular formula is C16H27ClN2O. The Morgan fingerprint density at radius 1 is 1.30 bits per heavy atom. The van der Waals surface area contributed by atoms with Crippen molar-refractivity contribution >= 4 is 17.3 Å². The quantitative estimate of drug-likeness (QED) is 0.667. The van der Waals surface area contributed by atoms with Gasteiger partial charge < -0.3 is 15.0 Å². The molecule has 1 aromatic rings. The Morgan fingerprint density at radius 2 is 2.10 bits per heavy atom. The molecule has 3 nitrogen and oxygen atoms in total. The minimum atomic E-state index is 0.732. The summed E-state index contributed by atoms with van der Waals surface area (Å²) in [5.41, 5.74) is 2.54. The Hall–Kier alpha value is -0.770. The molecule has 0 spiro atoms. The molecule has 0 radical (unpaired) electrons. The molecule has 1 N–H and O–H groups in total. The predicted molar refractivity (Wildman–Crippen MR) is 87.8 cm³/mol. The molecule has 1 aromatic carbocycles. The standard InChI is InChI=1S/C16H27ClN2O/c1-4-6-10-19(5-2)16-12-15(17)8-7-14(16)13-18-9-11-20-3/h7-8,12,18H,4-6,9-11,13H2,1-3H3. The number of hydrogen-bond donors (Lipinski definition) is 1. The first kappa shape index (κ1) is 17.3. The van der Waals surface area contributed by atoms with Crippen molar-refractivity contribution < 1.29 is 4.74 Å². The van der Waals surface area contributed by atoms with Crippen LogP contribution in [0.15, 0.2) is 18.2 Å². The van der Waals surface area contributed by atoms with Crippen LogP contribution in [0.25, 0.3) is 0 Å². The third kappa shape index (κ3) is 5.70. The lowest BCUT2D eigenvalue weighted by molar-refractivity contribution is 0.199. The van der Waals surface area contributed by atoms with E-state index in [9.17, 15) is 0 Å². The van der Waals surface area contributed by atoms with Crippen LogP contribution in [0.4, 0.5) is 5.69 Å². The zero-order chi connectivity index (χ0) is 14.8. The molecule has 0 heterocycles. The van der Waals surface area contributed by atoms with Gasteiger partial charge >= 0.3 is 0 Å². The second-order valence-corrected chi connectivity index (χ2v) is 5.31. The second-order valence-electron chi connectivity index (χ2n) is 4.88. The molecule has 0 aromatic heterocycles. The van der Waals surface area contributed by atoms with E-state index in [-0.39, 0.29) is 0 Å². The lowest BCUT2D eigenvalue weighted by Crippen LogP contribution is -2.27. The highest BCUT2D eigenvalue weighted by Gasteiger charge is 2.10. The van der Waals surface area contributed by atoms with Crippen molar-refractivity contribution in [2.75, 3.05) is 38.3 Å². The summed E-state index contributed by atoms with van der Waals surface area (Å²) < 4.78 is 5.06. The largest absolute Gasteiger partial charge is 0.383 e. The van der Waals surface area contributed by atoms with Gasteiger partial charge in [-0.1, -0.05) is 31.0 Å². The van der Waals surface area contributed by atoms with E-state index in [1.165, 1.54) is 24.1 Å². The number of nitrogens with zero attached hydrogens (tertiary/aromatic N) is 1. The summed E-state index contributed by atoms with van der Waals surface area (Å²) in [7, 11) is 1.72. The van der Waals surface area contributed by atoms with Crippen molar-refractivity contribution in [3.05, 3.63) is 28.8 Å². The molecule has 0 aliphatic rings.